The summed E-state index contributed by atoms with van der Waals surface area (Å²) in [6.45, 7) is 2.40. The molecule has 128 valence electrons. The predicted molar refractivity (Wildman–Crippen MR) is 91.3 cm³/mol. The van der Waals surface area contributed by atoms with Crippen LogP contribution in [0.25, 0.3) is 0 Å². The van der Waals surface area contributed by atoms with Gasteiger partial charge in [-0.25, -0.2) is 13.4 Å². The highest BCUT2D eigenvalue weighted by Crippen LogP contribution is 2.30. The summed E-state index contributed by atoms with van der Waals surface area (Å²) < 4.78 is 32.9. The average molecular weight is 367 g/mol. The number of nitrogens with one attached hydrogen (secondary N) is 2. The van der Waals surface area contributed by atoms with Gasteiger partial charge in [0.05, 0.1) is 12.8 Å². The van der Waals surface area contributed by atoms with Gasteiger partial charge in [-0.05, 0) is 37.5 Å². The minimum Gasteiger partial charge on any atom is -0.495 e. The molecule has 1 amide bonds. The van der Waals surface area contributed by atoms with Crippen LogP contribution in [0.15, 0.2) is 23.1 Å². The van der Waals surface area contributed by atoms with E-state index in [-0.39, 0.29) is 21.7 Å². The van der Waals surface area contributed by atoms with Crippen molar-refractivity contribution in [3.8, 4) is 5.75 Å². The van der Waals surface area contributed by atoms with Crippen molar-refractivity contribution in [1.82, 2.24) is 10.3 Å². The molecule has 0 spiro atoms. The number of carbonyl (C=O) groups is 1. The lowest BCUT2D eigenvalue weighted by Gasteiger charge is -2.10. The Morgan fingerprint density at radius 1 is 1.38 bits per heavy atom. The van der Waals surface area contributed by atoms with Gasteiger partial charge in [0.25, 0.3) is 15.9 Å². The lowest BCUT2D eigenvalue weighted by molar-refractivity contribution is 0.0960. The highest BCUT2D eigenvalue weighted by atomic mass is 32.2. The molecule has 2 N–H and O–H groups in total. The van der Waals surface area contributed by atoms with Crippen LogP contribution in [0.5, 0.6) is 5.75 Å². The van der Waals surface area contributed by atoms with Crippen LogP contribution in [0.3, 0.4) is 0 Å². The molecule has 1 aromatic heterocycles. The van der Waals surface area contributed by atoms with E-state index in [9.17, 15) is 13.2 Å². The number of hydrogen-bond acceptors (Lipinski definition) is 6. The third-order valence-electron chi connectivity index (χ3n) is 3.61. The fraction of sp³-hybridized carbons (Fsp3) is 0.333. The molecule has 0 saturated carbocycles. The Morgan fingerprint density at radius 3 is 2.92 bits per heavy atom. The van der Waals surface area contributed by atoms with Gasteiger partial charge >= 0.3 is 0 Å². The van der Waals surface area contributed by atoms with Crippen LogP contribution in [0.2, 0.25) is 0 Å². The number of methoxy groups -OCH3 is 1. The number of fused-ring (bicyclic) bond motifs is 1. The van der Waals surface area contributed by atoms with Crippen molar-refractivity contribution in [3.05, 3.63) is 34.3 Å². The molecule has 0 bridgehead atoms. The fourth-order valence-corrected chi connectivity index (χ4v) is 4.86. The van der Waals surface area contributed by atoms with Crippen molar-refractivity contribution < 1.29 is 17.9 Å². The highest BCUT2D eigenvalue weighted by molar-refractivity contribution is 7.93. The third kappa shape index (κ3) is 3.22. The monoisotopic (exact) mass is 367 g/mol. The SMILES string of the molecule is COc1ccc(C)cc1S(=O)(=O)Nc1nc2c(s1)C(=O)NCCC2. The largest absolute Gasteiger partial charge is 0.495 e. The molecule has 1 aromatic carbocycles. The van der Waals surface area contributed by atoms with E-state index in [1.807, 2.05) is 0 Å². The minimum absolute atomic E-state index is 0.0415. The summed E-state index contributed by atoms with van der Waals surface area (Å²) in [7, 11) is -2.45. The smallest absolute Gasteiger partial charge is 0.267 e. The van der Waals surface area contributed by atoms with Gasteiger partial charge in [-0.1, -0.05) is 17.4 Å². The molecule has 24 heavy (non-hydrogen) atoms. The summed E-state index contributed by atoms with van der Waals surface area (Å²) in [4.78, 5) is 16.7. The standard InChI is InChI=1S/C15H17N3O4S2/c1-9-5-6-11(22-2)12(8-9)24(20,21)18-15-17-10-4-3-7-16-14(19)13(10)23-15/h5-6,8H,3-4,7H2,1-2H3,(H,16,19)(H,17,18). The molecular formula is C15H17N3O4S2. The Bertz CT molecular complexity index is 890. The van der Waals surface area contributed by atoms with Gasteiger partial charge in [-0.3, -0.25) is 9.52 Å². The second kappa shape index (κ2) is 6.40. The third-order valence-corrected chi connectivity index (χ3v) is 6.11. The molecule has 1 aliphatic heterocycles. The van der Waals surface area contributed by atoms with E-state index in [2.05, 4.69) is 15.0 Å². The number of sulfonamides is 1. The quantitative estimate of drug-likeness (QED) is 0.861. The molecule has 0 fully saturated rings. The first-order valence-electron chi connectivity index (χ1n) is 7.36. The van der Waals surface area contributed by atoms with Crippen LogP contribution in [0.1, 0.15) is 27.3 Å². The van der Waals surface area contributed by atoms with Crippen LogP contribution in [-0.4, -0.2) is 33.0 Å². The lowest BCUT2D eigenvalue weighted by atomic mass is 10.2. The number of benzene rings is 1. The molecule has 3 rings (SSSR count). The number of carbonyl (C=O) groups excluding carboxylic acids is 1. The summed E-state index contributed by atoms with van der Waals surface area (Å²) in [5.74, 6) is 0.0440. The van der Waals surface area contributed by atoms with Gasteiger partial charge in [0, 0.05) is 6.54 Å². The summed E-state index contributed by atoms with van der Waals surface area (Å²) in [5, 5.41) is 2.95. The van der Waals surface area contributed by atoms with Crippen molar-refractivity contribution in [2.45, 2.75) is 24.7 Å². The number of nitrogens with zero attached hydrogens (tertiary/aromatic N) is 1. The highest BCUT2D eigenvalue weighted by Gasteiger charge is 2.25. The van der Waals surface area contributed by atoms with Gasteiger partial charge < -0.3 is 10.1 Å². The molecule has 0 radical (unpaired) electrons. The zero-order valence-corrected chi connectivity index (χ0v) is 14.9. The minimum atomic E-state index is -3.86. The van der Waals surface area contributed by atoms with Crippen molar-refractivity contribution >= 4 is 32.4 Å². The molecule has 2 heterocycles. The molecule has 1 aliphatic rings. The van der Waals surface area contributed by atoms with Crippen molar-refractivity contribution in [2.24, 2.45) is 0 Å². The van der Waals surface area contributed by atoms with Crippen LogP contribution >= 0.6 is 11.3 Å². The van der Waals surface area contributed by atoms with Crippen LogP contribution in [0.4, 0.5) is 5.13 Å². The van der Waals surface area contributed by atoms with E-state index in [0.29, 0.717) is 23.5 Å². The van der Waals surface area contributed by atoms with E-state index in [1.54, 1.807) is 19.1 Å². The van der Waals surface area contributed by atoms with Gasteiger partial charge in [0.15, 0.2) is 5.13 Å². The van der Waals surface area contributed by atoms with E-state index >= 15 is 0 Å². The average Bonchev–Trinajstić information content (AvgIpc) is 2.85. The second-order valence-electron chi connectivity index (χ2n) is 5.41. The van der Waals surface area contributed by atoms with Gasteiger partial charge in [0.1, 0.15) is 15.5 Å². The van der Waals surface area contributed by atoms with Crippen molar-refractivity contribution in [3.63, 3.8) is 0 Å². The van der Waals surface area contributed by atoms with Crippen molar-refractivity contribution in [2.75, 3.05) is 18.4 Å². The Balaban J connectivity index is 1.95. The Hall–Kier alpha value is -2.13. The normalized spacial score (nSPS) is 14.5. The van der Waals surface area contributed by atoms with E-state index in [0.717, 1.165) is 23.3 Å². The summed E-state index contributed by atoms with van der Waals surface area (Å²) in [6, 6.07) is 4.91. The fourth-order valence-electron chi connectivity index (χ4n) is 2.44. The molecule has 0 aliphatic carbocycles. The summed E-state index contributed by atoms with van der Waals surface area (Å²) >= 11 is 1.04. The van der Waals surface area contributed by atoms with Gasteiger partial charge in [-0.2, -0.15) is 0 Å². The number of aryl methyl sites for hydroxylation is 2. The molecule has 0 saturated heterocycles. The number of rotatable bonds is 4. The lowest BCUT2D eigenvalue weighted by Crippen LogP contribution is -2.21. The zero-order valence-electron chi connectivity index (χ0n) is 13.3. The topological polar surface area (TPSA) is 97.4 Å². The van der Waals surface area contributed by atoms with E-state index in [4.69, 9.17) is 4.74 Å². The zero-order chi connectivity index (χ0) is 17.3. The number of ether oxygens (including phenoxy) is 1. The number of thiazole rings is 1. The first kappa shape index (κ1) is 16.7. The summed E-state index contributed by atoms with van der Waals surface area (Å²) in [6.07, 6.45) is 1.42. The Labute approximate surface area is 144 Å². The molecule has 7 nitrogen and oxygen atoms in total. The first-order chi connectivity index (χ1) is 11.4. The second-order valence-corrected chi connectivity index (χ2v) is 8.06. The molecule has 9 heteroatoms. The maximum atomic E-state index is 12.7. The van der Waals surface area contributed by atoms with E-state index in [1.165, 1.54) is 13.2 Å². The van der Waals surface area contributed by atoms with Gasteiger partial charge in [-0.15, -0.1) is 0 Å². The number of anilines is 1. The Kier molecular flexibility index (Phi) is 4.46. The molecule has 2 aromatic rings. The van der Waals surface area contributed by atoms with Crippen LogP contribution in [0, 0.1) is 6.92 Å². The first-order valence-corrected chi connectivity index (χ1v) is 9.66. The van der Waals surface area contributed by atoms with E-state index < -0.39 is 10.0 Å². The maximum Gasteiger partial charge on any atom is 0.267 e. The summed E-state index contributed by atoms with van der Waals surface area (Å²) in [5.41, 5.74) is 1.43. The number of hydrogen-bond donors (Lipinski definition) is 2. The van der Waals surface area contributed by atoms with Crippen LogP contribution in [-0.2, 0) is 16.4 Å². The van der Waals surface area contributed by atoms with Crippen LogP contribution < -0.4 is 14.8 Å². The van der Waals surface area contributed by atoms with Gasteiger partial charge in [0.2, 0.25) is 0 Å². The molecule has 0 atom stereocenters. The number of aromatic nitrogens is 1. The maximum absolute atomic E-state index is 12.7. The predicted octanol–water partition coefficient (Wildman–Crippen LogP) is 1.94. The Morgan fingerprint density at radius 2 is 2.17 bits per heavy atom. The number of amides is 1. The molecular weight excluding hydrogens is 350 g/mol. The van der Waals surface area contributed by atoms with Crippen molar-refractivity contribution in [1.29, 1.82) is 0 Å². The molecule has 0 unspecified atom stereocenters.